The van der Waals surface area contributed by atoms with Crippen molar-refractivity contribution in [3.63, 3.8) is 0 Å². The SMILES string of the molecule is CCC(CC)/C(C)=C/C=C/C(C)=C/C=C/C=C(C)/C=C/C=C(C)C. The highest BCUT2D eigenvalue weighted by molar-refractivity contribution is 5.29. The first-order chi connectivity index (χ1) is 11.4. The zero-order valence-corrected chi connectivity index (χ0v) is 16.8. The summed E-state index contributed by atoms with van der Waals surface area (Å²) < 4.78 is 0. The van der Waals surface area contributed by atoms with Crippen LogP contribution in [0.15, 0.2) is 83.1 Å². The van der Waals surface area contributed by atoms with Crippen molar-refractivity contribution in [1.82, 2.24) is 0 Å². The fraction of sp³-hybridized carbons (Fsp3) is 0.417. The van der Waals surface area contributed by atoms with E-state index in [9.17, 15) is 0 Å². The van der Waals surface area contributed by atoms with Gasteiger partial charge in [0.05, 0.1) is 0 Å². The third kappa shape index (κ3) is 11.7. The standard InChI is InChI=1S/C24H36/c1-8-24(9-2)23(7)19-13-18-22(6)16-11-10-15-21(5)17-12-14-20(3)4/h10-19,24H,8-9H2,1-7H3/b11-10+,17-12+,18-13+,21-15+,22-16+,23-19+. The maximum Gasteiger partial charge on any atom is -0.0208 e. The Bertz CT molecular complexity index is 549. The van der Waals surface area contributed by atoms with Crippen molar-refractivity contribution in [2.75, 3.05) is 0 Å². The first-order valence-corrected chi connectivity index (χ1v) is 9.08. The molecule has 0 aromatic rings. The number of hydrogen-bond acceptors (Lipinski definition) is 0. The molecule has 0 atom stereocenters. The second-order valence-electron chi connectivity index (χ2n) is 6.59. The van der Waals surface area contributed by atoms with Crippen LogP contribution in [0.2, 0.25) is 0 Å². The van der Waals surface area contributed by atoms with E-state index < -0.39 is 0 Å². The predicted octanol–water partition coefficient (Wildman–Crippen LogP) is 7.90. The van der Waals surface area contributed by atoms with Crippen LogP contribution in [0.1, 0.15) is 61.3 Å². The summed E-state index contributed by atoms with van der Waals surface area (Å²) in [6.45, 7) is 15.2. The molecule has 0 radical (unpaired) electrons. The van der Waals surface area contributed by atoms with E-state index in [2.05, 4.69) is 109 Å². The molecule has 0 heteroatoms. The van der Waals surface area contributed by atoms with Crippen LogP contribution in [0.4, 0.5) is 0 Å². The van der Waals surface area contributed by atoms with Crippen molar-refractivity contribution in [2.24, 2.45) is 5.92 Å². The topological polar surface area (TPSA) is 0 Å². The average Bonchev–Trinajstić information content (AvgIpc) is 2.52. The molecule has 0 unspecified atom stereocenters. The highest BCUT2D eigenvalue weighted by Gasteiger charge is 2.03. The largest absolute Gasteiger partial charge is 0.0764 e. The second kappa shape index (κ2) is 13.6. The Labute approximate surface area is 150 Å². The van der Waals surface area contributed by atoms with Crippen LogP contribution in [0.5, 0.6) is 0 Å². The summed E-state index contributed by atoms with van der Waals surface area (Å²) in [5.41, 5.74) is 5.29. The van der Waals surface area contributed by atoms with Gasteiger partial charge in [-0.25, -0.2) is 0 Å². The highest BCUT2D eigenvalue weighted by Crippen LogP contribution is 2.18. The van der Waals surface area contributed by atoms with Crippen molar-refractivity contribution in [2.45, 2.75) is 61.3 Å². The maximum atomic E-state index is 2.26. The van der Waals surface area contributed by atoms with Crippen LogP contribution < -0.4 is 0 Å². The van der Waals surface area contributed by atoms with Crippen LogP contribution in [-0.4, -0.2) is 0 Å². The number of allylic oxidation sites excluding steroid dienone is 14. The Balaban J connectivity index is 4.60. The van der Waals surface area contributed by atoms with E-state index in [-0.39, 0.29) is 0 Å². The first kappa shape index (κ1) is 22.2. The van der Waals surface area contributed by atoms with Crippen molar-refractivity contribution in [3.8, 4) is 0 Å². The van der Waals surface area contributed by atoms with Gasteiger partial charge in [-0.2, -0.15) is 0 Å². The van der Waals surface area contributed by atoms with Crippen molar-refractivity contribution in [1.29, 1.82) is 0 Å². The Kier molecular flexibility index (Phi) is 12.6. The van der Waals surface area contributed by atoms with Gasteiger partial charge in [-0.05, 0) is 53.4 Å². The van der Waals surface area contributed by atoms with Crippen molar-refractivity contribution >= 4 is 0 Å². The van der Waals surface area contributed by atoms with Crippen LogP contribution in [0, 0.1) is 5.92 Å². The van der Waals surface area contributed by atoms with Gasteiger partial charge in [0, 0.05) is 0 Å². The van der Waals surface area contributed by atoms with Gasteiger partial charge in [-0.3, -0.25) is 0 Å². The molecule has 0 bridgehead atoms. The monoisotopic (exact) mass is 324 g/mol. The van der Waals surface area contributed by atoms with Gasteiger partial charge in [0.2, 0.25) is 0 Å². The highest BCUT2D eigenvalue weighted by atomic mass is 14.1. The molecule has 0 aliphatic rings. The molecule has 0 nitrogen and oxygen atoms in total. The molecular weight excluding hydrogens is 288 g/mol. The predicted molar refractivity (Wildman–Crippen MR) is 112 cm³/mol. The quantitative estimate of drug-likeness (QED) is 0.378. The summed E-state index contributed by atoms with van der Waals surface area (Å²) in [5.74, 6) is 0.714. The van der Waals surface area contributed by atoms with Gasteiger partial charge in [-0.15, -0.1) is 0 Å². The average molecular weight is 325 g/mol. The fourth-order valence-electron chi connectivity index (χ4n) is 2.34. The lowest BCUT2D eigenvalue weighted by atomic mass is 9.94. The minimum Gasteiger partial charge on any atom is -0.0764 e. The van der Waals surface area contributed by atoms with Gasteiger partial charge >= 0.3 is 0 Å². The van der Waals surface area contributed by atoms with E-state index in [1.165, 1.54) is 35.1 Å². The Morgan fingerprint density at radius 2 is 1.08 bits per heavy atom. The molecule has 0 aromatic heterocycles. The van der Waals surface area contributed by atoms with Gasteiger partial charge in [0.15, 0.2) is 0 Å². The second-order valence-corrected chi connectivity index (χ2v) is 6.59. The number of rotatable bonds is 9. The minimum atomic E-state index is 0.714. The molecule has 0 heterocycles. The molecule has 24 heavy (non-hydrogen) atoms. The van der Waals surface area contributed by atoms with E-state index in [0.717, 1.165) is 0 Å². The zero-order valence-electron chi connectivity index (χ0n) is 16.8. The lowest BCUT2D eigenvalue weighted by Gasteiger charge is -2.11. The maximum absolute atomic E-state index is 2.26. The summed E-state index contributed by atoms with van der Waals surface area (Å²) in [5, 5.41) is 0. The first-order valence-electron chi connectivity index (χ1n) is 9.08. The van der Waals surface area contributed by atoms with Crippen molar-refractivity contribution in [3.05, 3.63) is 83.1 Å². The Morgan fingerprint density at radius 1 is 0.625 bits per heavy atom. The molecule has 0 saturated carbocycles. The summed E-state index contributed by atoms with van der Waals surface area (Å²) in [7, 11) is 0. The zero-order chi connectivity index (χ0) is 18.4. The Hall–Kier alpha value is -1.82. The third-order valence-corrected chi connectivity index (χ3v) is 3.97. The molecule has 0 N–H and O–H groups in total. The van der Waals surface area contributed by atoms with Crippen LogP contribution >= 0.6 is 0 Å². The molecule has 0 aliphatic carbocycles. The molecule has 0 rings (SSSR count). The molecule has 0 saturated heterocycles. The molecule has 0 spiro atoms. The van der Waals surface area contributed by atoms with E-state index >= 15 is 0 Å². The lowest BCUT2D eigenvalue weighted by molar-refractivity contribution is 0.572. The summed E-state index contributed by atoms with van der Waals surface area (Å²) in [6.07, 6.45) is 23.8. The minimum absolute atomic E-state index is 0.714. The lowest BCUT2D eigenvalue weighted by Crippen LogP contribution is -1.97. The van der Waals surface area contributed by atoms with E-state index in [1.54, 1.807) is 0 Å². The molecule has 0 aromatic carbocycles. The van der Waals surface area contributed by atoms with Crippen molar-refractivity contribution < 1.29 is 0 Å². The number of hydrogen-bond donors (Lipinski definition) is 0. The van der Waals surface area contributed by atoms with Gasteiger partial charge in [0.1, 0.15) is 0 Å². The molecule has 132 valence electrons. The molecule has 0 amide bonds. The summed E-state index contributed by atoms with van der Waals surface area (Å²) >= 11 is 0. The van der Waals surface area contributed by atoms with E-state index in [1.807, 2.05) is 0 Å². The smallest absolute Gasteiger partial charge is 0.0208 e. The van der Waals surface area contributed by atoms with E-state index in [0.29, 0.717) is 5.92 Å². The van der Waals surface area contributed by atoms with Crippen LogP contribution in [0.3, 0.4) is 0 Å². The molecule has 0 aliphatic heterocycles. The fourth-order valence-corrected chi connectivity index (χ4v) is 2.34. The summed E-state index contributed by atoms with van der Waals surface area (Å²) in [4.78, 5) is 0. The van der Waals surface area contributed by atoms with Crippen LogP contribution in [0.25, 0.3) is 0 Å². The summed E-state index contributed by atoms with van der Waals surface area (Å²) in [6, 6.07) is 0. The van der Waals surface area contributed by atoms with E-state index in [4.69, 9.17) is 0 Å². The van der Waals surface area contributed by atoms with Gasteiger partial charge in [0.25, 0.3) is 0 Å². The molecule has 0 fully saturated rings. The van der Waals surface area contributed by atoms with Gasteiger partial charge in [-0.1, -0.05) is 96.9 Å². The molecular formula is C24H36. The third-order valence-electron chi connectivity index (χ3n) is 3.97. The Morgan fingerprint density at radius 3 is 1.50 bits per heavy atom. The van der Waals surface area contributed by atoms with Crippen LogP contribution in [-0.2, 0) is 0 Å². The normalized spacial score (nSPS) is 14.6. The van der Waals surface area contributed by atoms with Gasteiger partial charge < -0.3 is 0 Å².